The fourth-order valence-corrected chi connectivity index (χ4v) is 1.95. The lowest BCUT2D eigenvalue weighted by Gasteiger charge is -2.10. The molecular formula is C15H19NO. The molecule has 2 nitrogen and oxygen atoms in total. The Morgan fingerprint density at radius 2 is 2.06 bits per heavy atom. The highest BCUT2D eigenvalue weighted by atomic mass is 16.3. The van der Waals surface area contributed by atoms with E-state index < -0.39 is 0 Å². The second-order valence-electron chi connectivity index (χ2n) is 4.47. The fraction of sp³-hybridized carbons (Fsp3) is 0.333. The number of benzene rings is 1. The van der Waals surface area contributed by atoms with Crippen LogP contribution in [0, 0.1) is 6.92 Å². The van der Waals surface area contributed by atoms with Crippen LogP contribution in [0.15, 0.2) is 34.3 Å². The lowest BCUT2D eigenvalue weighted by atomic mass is 10.0. The van der Waals surface area contributed by atoms with Gasteiger partial charge in [-0.25, -0.2) is 0 Å². The molecule has 0 saturated heterocycles. The number of rotatable bonds is 3. The molecule has 90 valence electrons. The predicted octanol–water partition coefficient (Wildman–Crippen LogP) is 3.75. The molecule has 1 N–H and O–H groups in total. The zero-order valence-corrected chi connectivity index (χ0v) is 10.9. The Labute approximate surface area is 102 Å². The van der Waals surface area contributed by atoms with Gasteiger partial charge in [0.1, 0.15) is 11.3 Å². The van der Waals surface area contributed by atoms with Crippen LogP contribution in [0.3, 0.4) is 0 Å². The van der Waals surface area contributed by atoms with Gasteiger partial charge in [-0.3, -0.25) is 0 Å². The van der Waals surface area contributed by atoms with Crippen LogP contribution in [0.4, 0.5) is 0 Å². The number of aryl methyl sites for hydroxylation is 1. The zero-order valence-electron chi connectivity index (χ0n) is 10.9. The van der Waals surface area contributed by atoms with Crippen LogP contribution >= 0.6 is 0 Å². The first kappa shape index (κ1) is 11.9. The summed E-state index contributed by atoms with van der Waals surface area (Å²) >= 11 is 0. The van der Waals surface area contributed by atoms with Gasteiger partial charge in [0, 0.05) is 17.0 Å². The molecule has 0 aliphatic rings. The van der Waals surface area contributed by atoms with Crippen LogP contribution in [0.1, 0.15) is 25.2 Å². The molecule has 0 spiro atoms. The summed E-state index contributed by atoms with van der Waals surface area (Å²) < 4.78 is 5.75. The van der Waals surface area contributed by atoms with E-state index in [4.69, 9.17) is 4.42 Å². The standard InChI is InChI=1S/C15H19NO/c1-10(11(2)16-4)9-14-12(3)17-15-8-6-5-7-13(14)15/h5-9,11,16H,1-4H3/b10-9+. The van der Waals surface area contributed by atoms with Gasteiger partial charge in [-0.05, 0) is 33.9 Å². The Balaban J connectivity index is 2.52. The second-order valence-corrected chi connectivity index (χ2v) is 4.47. The third-order valence-electron chi connectivity index (χ3n) is 3.31. The topological polar surface area (TPSA) is 25.2 Å². The summed E-state index contributed by atoms with van der Waals surface area (Å²) in [5, 5.41) is 4.43. The van der Waals surface area contributed by atoms with Crippen molar-refractivity contribution < 1.29 is 4.42 Å². The van der Waals surface area contributed by atoms with Crippen LogP contribution in [0.25, 0.3) is 17.0 Å². The molecule has 1 aromatic heterocycles. The Morgan fingerprint density at radius 1 is 1.35 bits per heavy atom. The molecular weight excluding hydrogens is 210 g/mol. The van der Waals surface area contributed by atoms with Crippen LogP contribution in [-0.2, 0) is 0 Å². The summed E-state index contributed by atoms with van der Waals surface area (Å²) in [5.41, 5.74) is 3.46. The van der Waals surface area contributed by atoms with Gasteiger partial charge in [-0.1, -0.05) is 29.8 Å². The maximum atomic E-state index is 5.75. The number of fused-ring (bicyclic) bond motifs is 1. The monoisotopic (exact) mass is 229 g/mol. The zero-order chi connectivity index (χ0) is 12.4. The number of furan rings is 1. The van der Waals surface area contributed by atoms with Gasteiger partial charge in [0.2, 0.25) is 0 Å². The molecule has 0 amide bonds. The molecule has 0 radical (unpaired) electrons. The van der Waals surface area contributed by atoms with Crippen LogP contribution < -0.4 is 5.32 Å². The van der Waals surface area contributed by atoms with E-state index >= 15 is 0 Å². The Hall–Kier alpha value is -1.54. The van der Waals surface area contributed by atoms with Gasteiger partial charge in [-0.15, -0.1) is 0 Å². The van der Waals surface area contributed by atoms with E-state index in [0.29, 0.717) is 6.04 Å². The first-order chi connectivity index (χ1) is 8.13. The minimum atomic E-state index is 0.378. The molecule has 2 aromatic rings. The number of likely N-dealkylation sites (N-methyl/N-ethyl adjacent to an activating group) is 1. The summed E-state index contributed by atoms with van der Waals surface area (Å²) in [6, 6.07) is 8.54. The van der Waals surface area contributed by atoms with E-state index in [-0.39, 0.29) is 0 Å². The van der Waals surface area contributed by atoms with Crippen LogP contribution in [0.2, 0.25) is 0 Å². The summed E-state index contributed by atoms with van der Waals surface area (Å²) in [5.74, 6) is 0.980. The molecule has 1 atom stereocenters. The van der Waals surface area contributed by atoms with E-state index in [1.165, 1.54) is 16.5 Å². The molecule has 0 aliphatic heterocycles. The molecule has 2 rings (SSSR count). The molecule has 0 saturated carbocycles. The molecule has 0 aliphatic carbocycles. The Kier molecular flexibility index (Phi) is 3.34. The molecule has 2 heteroatoms. The van der Waals surface area contributed by atoms with Gasteiger partial charge >= 0.3 is 0 Å². The number of para-hydroxylation sites is 1. The molecule has 1 heterocycles. The van der Waals surface area contributed by atoms with Crippen molar-refractivity contribution in [3.05, 3.63) is 41.2 Å². The summed E-state index contributed by atoms with van der Waals surface area (Å²) in [7, 11) is 1.97. The quantitative estimate of drug-likeness (QED) is 0.867. The number of nitrogens with one attached hydrogen (secondary N) is 1. The first-order valence-electron chi connectivity index (χ1n) is 5.97. The van der Waals surface area contributed by atoms with Crippen molar-refractivity contribution in [2.45, 2.75) is 26.8 Å². The lowest BCUT2D eigenvalue weighted by Crippen LogP contribution is -2.21. The Bertz CT molecular complexity index is 551. The minimum absolute atomic E-state index is 0.378. The highest BCUT2D eigenvalue weighted by molar-refractivity contribution is 5.88. The number of hydrogen-bond donors (Lipinski definition) is 1. The van der Waals surface area contributed by atoms with E-state index in [2.05, 4.69) is 31.3 Å². The van der Waals surface area contributed by atoms with Crippen molar-refractivity contribution in [3.63, 3.8) is 0 Å². The van der Waals surface area contributed by atoms with E-state index in [0.717, 1.165) is 11.3 Å². The van der Waals surface area contributed by atoms with E-state index in [1.54, 1.807) is 0 Å². The van der Waals surface area contributed by atoms with Gasteiger partial charge in [0.25, 0.3) is 0 Å². The summed E-state index contributed by atoms with van der Waals surface area (Å²) in [6.07, 6.45) is 2.21. The molecule has 1 aromatic carbocycles. The summed E-state index contributed by atoms with van der Waals surface area (Å²) in [4.78, 5) is 0. The molecule has 0 bridgehead atoms. The second kappa shape index (κ2) is 4.76. The third kappa shape index (κ3) is 2.27. The van der Waals surface area contributed by atoms with Crippen LogP contribution in [-0.4, -0.2) is 13.1 Å². The average molecular weight is 229 g/mol. The van der Waals surface area contributed by atoms with Gasteiger partial charge in [0.05, 0.1) is 0 Å². The van der Waals surface area contributed by atoms with Gasteiger partial charge < -0.3 is 9.73 Å². The van der Waals surface area contributed by atoms with E-state index in [1.807, 2.05) is 32.2 Å². The highest BCUT2D eigenvalue weighted by Gasteiger charge is 2.09. The predicted molar refractivity (Wildman–Crippen MR) is 73.1 cm³/mol. The Morgan fingerprint density at radius 3 is 2.76 bits per heavy atom. The molecule has 0 fully saturated rings. The van der Waals surface area contributed by atoms with Crippen molar-refractivity contribution in [1.82, 2.24) is 5.32 Å². The average Bonchev–Trinajstić information content (AvgIpc) is 2.65. The van der Waals surface area contributed by atoms with Gasteiger partial charge in [0.15, 0.2) is 0 Å². The van der Waals surface area contributed by atoms with Crippen molar-refractivity contribution in [1.29, 1.82) is 0 Å². The van der Waals surface area contributed by atoms with E-state index in [9.17, 15) is 0 Å². The van der Waals surface area contributed by atoms with Crippen molar-refractivity contribution in [2.75, 3.05) is 7.05 Å². The van der Waals surface area contributed by atoms with Crippen molar-refractivity contribution in [2.24, 2.45) is 0 Å². The van der Waals surface area contributed by atoms with Crippen LogP contribution in [0.5, 0.6) is 0 Å². The minimum Gasteiger partial charge on any atom is -0.461 e. The largest absolute Gasteiger partial charge is 0.461 e. The molecule has 17 heavy (non-hydrogen) atoms. The summed E-state index contributed by atoms with van der Waals surface area (Å²) in [6.45, 7) is 6.31. The normalized spacial score (nSPS) is 14.2. The SMILES string of the molecule is CNC(C)/C(C)=C/c1c(C)oc2ccccc12. The fourth-order valence-electron chi connectivity index (χ4n) is 1.95. The maximum Gasteiger partial charge on any atom is 0.134 e. The third-order valence-corrected chi connectivity index (χ3v) is 3.31. The van der Waals surface area contributed by atoms with Crippen molar-refractivity contribution in [3.8, 4) is 0 Å². The van der Waals surface area contributed by atoms with Gasteiger partial charge in [-0.2, -0.15) is 0 Å². The van der Waals surface area contributed by atoms with Crippen molar-refractivity contribution >= 4 is 17.0 Å². The lowest BCUT2D eigenvalue weighted by molar-refractivity contribution is 0.577. The number of hydrogen-bond acceptors (Lipinski definition) is 2. The molecule has 1 unspecified atom stereocenters. The maximum absolute atomic E-state index is 5.75. The smallest absolute Gasteiger partial charge is 0.134 e. The first-order valence-corrected chi connectivity index (χ1v) is 5.97. The highest BCUT2D eigenvalue weighted by Crippen LogP contribution is 2.27.